The van der Waals surface area contributed by atoms with E-state index in [1.807, 2.05) is 29.3 Å². The topological polar surface area (TPSA) is 54.0 Å². The molecule has 1 aliphatic heterocycles. The maximum atomic E-state index is 6.15. The van der Waals surface area contributed by atoms with E-state index < -0.39 is 0 Å². The van der Waals surface area contributed by atoms with Crippen LogP contribution in [0.25, 0.3) is 0 Å². The van der Waals surface area contributed by atoms with Crippen molar-refractivity contribution in [3.8, 4) is 0 Å². The Morgan fingerprint density at radius 3 is 2.10 bits per heavy atom. The molecule has 0 radical (unpaired) electrons. The Balaban J connectivity index is 1.76. The summed E-state index contributed by atoms with van der Waals surface area (Å²) in [6.07, 6.45) is 0. The molecule has 0 saturated carbocycles. The van der Waals surface area contributed by atoms with Crippen LogP contribution in [0.4, 0.5) is 0 Å². The zero-order valence-electron chi connectivity index (χ0n) is 17.6. The second-order valence-corrected chi connectivity index (χ2v) is 7.83. The largest absolute Gasteiger partial charge is 0.324 e. The molecule has 4 nitrogen and oxygen atoms in total. The second-order valence-electron chi connectivity index (χ2n) is 7.83. The monoisotopic (exact) mass is 396 g/mol. The number of aliphatic imine (C=N–C) groups is 1. The van der Waals surface area contributed by atoms with Gasteiger partial charge in [0.1, 0.15) is 5.84 Å². The van der Waals surface area contributed by atoms with Gasteiger partial charge in [-0.05, 0) is 30.5 Å². The van der Waals surface area contributed by atoms with E-state index in [9.17, 15) is 0 Å². The quantitative estimate of drug-likeness (QED) is 0.506. The lowest BCUT2D eigenvalue weighted by molar-refractivity contribution is 0.310. The van der Waals surface area contributed by atoms with Gasteiger partial charge in [0, 0.05) is 0 Å². The Bertz CT molecular complexity index is 1030. The first-order valence-corrected chi connectivity index (χ1v) is 10.4. The van der Waals surface area contributed by atoms with E-state index in [4.69, 9.17) is 15.8 Å². The molecule has 4 heteroatoms. The average Bonchev–Trinajstić information content (AvgIpc) is 3.08. The van der Waals surface area contributed by atoms with Crippen molar-refractivity contribution in [2.75, 3.05) is 6.54 Å². The molecule has 3 aromatic carbocycles. The first-order valence-electron chi connectivity index (χ1n) is 10.4. The molecule has 1 aliphatic rings. The summed E-state index contributed by atoms with van der Waals surface area (Å²) in [4.78, 5) is 4.84. The van der Waals surface area contributed by atoms with Crippen molar-refractivity contribution >= 4 is 11.5 Å². The number of nitrogens with zero attached hydrogens (tertiary/aromatic N) is 3. The van der Waals surface area contributed by atoms with Crippen LogP contribution >= 0.6 is 0 Å². The van der Waals surface area contributed by atoms with Crippen molar-refractivity contribution in [2.24, 2.45) is 15.8 Å². The standard InChI is InChI=1S/C26H28N4/c1-20-26(2,23-16-10-5-11-17-23)25(22-14-8-4-9-15-22)29-30(20)24(18-27)28-19-21-12-6-3-7-13-21/h3-17,20H,18-19,27H2,1-2H3/t20-,26-/m1/s1. The Hall–Kier alpha value is -3.24. The summed E-state index contributed by atoms with van der Waals surface area (Å²) in [6.45, 7) is 5.41. The molecule has 0 saturated heterocycles. The summed E-state index contributed by atoms with van der Waals surface area (Å²) in [5, 5.41) is 7.12. The van der Waals surface area contributed by atoms with Crippen LogP contribution in [-0.4, -0.2) is 29.1 Å². The van der Waals surface area contributed by atoms with Gasteiger partial charge in [-0.25, -0.2) is 5.01 Å². The van der Waals surface area contributed by atoms with Gasteiger partial charge >= 0.3 is 0 Å². The molecule has 4 rings (SSSR count). The van der Waals surface area contributed by atoms with Crippen molar-refractivity contribution in [3.63, 3.8) is 0 Å². The van der Waals surface area contributed by atoms with Crippen molar-refractivity contribution < 1.29 is 0 Å². The van der Waals surface area contributed by atoms with Crippen molar-refractivity contribution in [2.45, 2.75) is 31.8 Å². The summed E-state index contributed by atoms with van der Waals surface area (Å²) in [6, 6.07) is 31.3. The van der Waals surface area contributed by atoms with Crippen LogP contribution in [0, 0.1) is 0 Å². The molecule has 0 unspecified atom stereocenters. The summed E-state index contributed by atoms with van der Waals surface area (Å²) in [5.41, 5.74) is 10.4. The Morgan fingerprint density at radius 2 is 1.50 bits per heavy atom. The third-order valence-corrected chi connectivity index (χ3v) is 6.06. The van der Waals surface area contributed by atoms with Crippen molar-refractivity contribution in [1.82, 2.24) is 5.01 Å². The molecule has 0 aromatic heterocycles. The molecule has 2 N–H and O–H groups in total. The summed E-state index contributed by atoms with van der Waals surface area (Å²) in [7, 11) is 0. The van der Waals surface area contributed by atoms with Crippen molar-refractivity contribution in [3.05, 3.63) is 108 Å². The van der Waals surface area contributed by atoms with E-state index in [0.29, 0.717) is 13.1 Å². The summed E-state index contributed by atoms with van der Waals surface area (Å²) >= 11 is 0. The fourth-order valence-electron chi connectivity index (χ4n) is 4.13. The summed E-state index contributed by atoms with van der Waals surface area (Å²) in [5.74, 6) is 0.805. The van der Waals surface area contributed by atoms with Crippen LogP contribution < -0.4 is 5.73 Å². The molecule has 1 heterocycles. The number of amidine groups is 1. The molecule has 0 amide bonds. The molecular weight excluding hydrogens is 368 g/mol. The maximum absolute atomic E-state index is 6.15. The van der Waals surface area contributed by atoms with Crippen LogP contribution in [0.15, 0.2) is 101 Å². The van der Waals surface area contributed by atoms with Gasteiger partial charge in [0.05, 0.1) is 30.3 Å². The lowest BCUT2D eigenvalue weighted by Crippen LogP contribution is -2.46. The summed E-state index contributed by atoms with van der Waals surface area (Å²) < 4.78 is 0. The average molecular weight is 397 g/mol. The van der Waals surface area contributed by atoms with E-state index in [2.05, 4.69) is 80.6 Å². The van der Waals surface area contributed by atoms with Crippen LogP contribution in [0.1, 0.15) is 30.5 Å². The Kier molecular flexibility index (Phi) is 5.77. The molecular formula is C26H28N4. The van der Waals surface area contributed by atoms with Gasteiger partial charge in [-0.1, -0.05) is 91.0 Å². The number of hydrogen-bond acceptors (Lipinski definition) is 3. The molecule has 0 bridgehead atoms. The van der Waals surface area contributed by atoms with Crippen LogP contribution in [0.5, 0.6) is 0 Å². The second kappa shape index (κ2) is 8.64. The van der Waals surface area contributed by atoms with Gasteiger partial charge in [-0.15, -0.1) is 0 Å². The molecule has 0 spiro atoms. The van der Waals surface area contributed by atoms with E-state index in [1.165, 1.54) is 5.56 Å². The smallest absolute Gasteiger partial charge is 0.134 e. The number of nitrogens with two attached hydrogens (primary N) is 1. The van der Waals surface area contributed by atoms with Gasteiger partial charge in [0.25, 0.3) is 0 Å². The van der Waals surface area contributed by atoms with Crippen LogP contribution in [-0.2, 0) is 12.0 Å². The minimum atomic E-state index is -0.286. The van der Waals surface area contributed by atoms with Gasteiger partial charge in [0.2, 0.25) is 0 Å². The Labute approximate surface area is 178 Å². The zero-order chi connectivity index (χ0) is 21.0. The molecule has 0 fully saturated rings. The minimum Gasteiger partial charge on any atom is -0.324 e. The van der Waals surface area contributed by atoms with Gasteiger partial charge in [-0.2, -0.15) is 5.10 Å². The number of rotatable bonds is 5. The predicted molar refractivity (Wildman–Crippen MR) is 125 cm³/mol. The van der Waals surface area contributed by atoms with Crippen LogP contribution in [0.3, 0.4) is 0 Å². The highest BCUT2D eigenvalue weighted by atomic mass is 15.5. The van der Waals surface area contributed by atoms with Gasteiger partial charge in [0.15, 0.2) is 0 Å². The maximum Gasteiger partial charge on any atom is 0.134 e. The van der Waals surface area contributed by atoms with E-state index >= 15 is 0 Å². The molecule has 30 heavy (non-hydrogen) atoms. The first-order chi connectivity index (χ1) is 14.6. The molecule has 3 aromatic rings. The first kappa shape index (κ1) is 20.0. The van der Waals surface area contributed by atoms with Gasteiger partial charge < -0.3 is 5.73 Å². The third-order valence-electron chi connectivity index (χ3n) is 6.06. The SMILES string of the molecule is C[C@H]1N(C(CN)=NCc2ccccc2)N=C(c2ccccc2)[C@@]1(C)c1ccccc1. The highest BCUT2D eigenvalue weighted by Crippen LogP contribution is 2.40. The third kappa shape index (κ3) is 3.66. The van der Waals surface area contributed by atoms with Crippen molar-refractivity contribution in [1.29, 1.82) is 0 Å². The van der Waals surface area contributed by atoms with E-state index in [-0.39, 0.29) is 11.5 Å². The minimum absolute atomic E-state index is 0.0770. The highest BCUT2D eigenvalue weighted by Gasteiger charge is 2.48. The number of benzene rings is 3. The van der Waals surface area contributed by atoms with Crippen LogP contribution in [0.2, 0.25) is 0 Å². The predicted octanol–water partition coefficient (Wildman–Crippen LogP) is 4.61. The fraction of sp³-hybridized carbons (Fsp3) is 0.231. The number of hydrogen-bond donors (Lipinski definition) is 1. The lowest BCUT2D eigenvalue weighted by atomic mass is 9.71. The number of hydrazone groups is 1. The fourth-order valence-corrected chi connectivity index (χ4v) is 4.13. The zero-order valence-corrected chi connectivity index (χ0v) is 17.6. The molecule has 0 aliphatic carbocycles. The molecule has 152 valence electrons. The highest BCUT2D eigenvalue weighted by molar-refractivity contribution is 6.10. The lowest BCUT2D eigenvalue weighted by Gasteiger charge is -2.34. The van der Waals surface area contributed by atoms with E-state index in [0.717, 1.165) is 22.7 Å². The Morgan fingerprint density at radius 1 is 0.933 bits per heavy atom. The van der Waals surface area contributed by atoms with E-state index in [1.54, 1.807) is 0 Å². The normalized spacial score (nSPS) is 21.6. The van der Waals surface area contributed by atoms with Gasteiger partial charge in [-0.3, -0.25) is 4.99 Å². The molecule has 2 atom stereocenters.